The molecule has 0 saturated carbocycles. The number of aliphatic hydroxyl groups is 1. The molecule has 1 atom stereocenters. The summed E-state index contributed by atoms with van der Waals surface area (Å²) in [7, 11) is 1.91. The van der Waals surface area contributed by atoms with Gasteiger partial charge < -0.3 is 10.4 Å². The topological polar surface area (TPSA) is 32.3 Å². The Morgan fingerprint density at radius 1 is 1.29 bits per heavy atom. The van der Waals surface area contributed by atoms with Crippen molar-refractivity contribution in [1.82, 2.24) is 5.32 Å². The summed E-state index contributed by atoms with van der Waals surface area (Å²) >= 11 is 2.00. The second-order valence-electron chi connectivity index (χ2n) is 4.04. The van der Waals surface area contributed by atoms with Crippen LogP contribution in [0.3, 0.4) is 0 Å². The van der Waals surface area contributed by atoms with Gasteiger partial charge in [0.05, 0.1) is 6.61 Å². The minimum Gasteiger partial charge on any atom is -0.394 e. The third-order valence-corrected chi connectivity index (χ3v) is 3.71. The Hall–Kier alpha value is 0.270. The van der Waals surface area contributed by atoms with Crippen LogP contribution in [0.25, 0.3) is 0 Å². The van der Waals surface area contributed by atoms with Crippen LogP contribution in [0.4, 0.5) is 0 Å². The van der Waals surface area contributed by atoms with Crippen LogP contribution >= 0.6 is 11.8 Å². The molecule has 0 fully saturated rings. The van der Waals surface area contributed by atoms with E-state index in [1.54, 1.807) is 0 Å². The van der Waals surface area contributed by atoms with Crippen molar-refractivity contribution in [3.63, 3.8) is 0 Å². The first-order valence-corrected chi connectivity index (χ1v) is 6.71. The van der Waals surface area contributed by atoms with Crippen LogP contribution in [0.1, 0.15) is 39.5 Å². The van der Waals surface area contributed by atoms with Gasteiger partial charge in [-0.3, -0.25) is 0 Å². The lowest BCUT2D eigenvalue weighted by molar-refractivity contribution is 0.179. The minimum atomic E-state index is -0.0856. The van der Waals surface area contributed by atoms with E-state index in [9.17, 15) is 0 Å². The summed E-state index contributed by atoms with van der Waals surface area (Å²) in [4.78, 5) is 0. The Morgan fingerprint density at radius 2 is 2.00 bits per heavy atom. The van der Waals surface area contributed by atoms with E-state index in [-0.39, 0.29) is 12.1 Å². The molecular weight excluding hydrogens is 194 g/mol. The zero-order valence-corrected chi connectivity index (χ0v) is 10.6. The van der Waals surface area contributed by atoms with Gasteiger partial charge in [-0.1, -0.05) is 19.8 Å². The summed E-state index contributed by atoms with van der Waals surface area (Å²) < 4.78 is 0. The zero-order chi connectivity index (χ0) is 10.9. The van der Waals surface area contributed by atoms with Gasteiger partial charge in [-0.05, 0) is 38.3 Å². The molecule has 2 nitrogen and oxygen atoms in total. The van der Waals surface area contributed by atoms with E-state index in [2.05, 4.69) is 19.2 Å². The highest BCUT2D eigenvalue weighted by molar-refractivity contribution is 7.99. The quantitative estimate of drug-likeness (QED) is 0.584. The smallest absolute Gasteiger partial charge is 0.0610 e. The summed E-state index contributed by atoms with van der Waals surface area (Å²) in [6, 6.07) is 0. The maximum absolute atomic E-state index is 9.15. The molecule has 0 spiro atoms. The van der Waals surface area contributed by atoms with Crippen molar-refractivity contribution in [2.75, 3.05) is 25.2 Å². The van der Waals surface area contributed by atoms with E-state index in [0.717, 1.165) is 12.2 Å². The summed E-state index contributed by atoms with van der Waals surface area (Å²) in [5.41, 5.74) is -0.0856. The molecule has 0 aliphatic carbocycles. The Morgan fingerprint density at radius 3 is 2.50 bits per heavy atom. The van der Waals surface area contributed by atoms with Gasteiger partial charge in [0.1, 0.15) is 0 Å². The van der Waals surface area contributed by atoms with Gasteiger partial charge in [0, 0.05) is 5.54 Å². The highest BCUT2D eigenvalue weighted by Crippen LogP contribution is 2.14. The molecule has 0 aliphatic heterocycles. The fourth-order valence-corrected chi connectivity index (χ4v) is 2.34. The third kappa shape index (κ3) is 6.68. The Bertz CT molecular complexity index is 126. The lowest BCUT2D eigenvalue weighted by Crippen LogP contribution is -2.43. The van der Waals surface area contributed by atoms with E-state index in [4.69, 9.17) is 5.11 Å². The Labute approximate surface area is 92.9 Å². The number of aliphatic hydroxyl groups excluding tert-OH is 1. The van der Waals surface area contributed by atoms with Crippen LogP contribution in [-0.4, -0.2) is 35.8 Å². The highest BCUT2D eigenvalue weighted by atomic mass is 32.2. The minimum absolute atomic E-state index is 0.0856. The summed E-state index contributed by atoms with van der Waals surface area (Å²) in [6.45, 7) is 4.52. The van der Waals surface area contributed by atoms with Crippen molar-refractivity contribution >= 4 is 11.8 Å². The molecule has 0 aliphatic rings. The maximum Gasteiger partial charge on any atom is 0.0610 e. The number of hydrogen-bond acceptors (Lipinski definition) is 3. The van der Waals surface area contributed by atoms with E-state index in [1.807, 2.05) is 18.8 Å². The van der Waals surface area contributed by atoms with Crippen molar-refractivity contribution in [1.29, 1.82) is 0 Å². The van der Waals surface area contributed by atoms with Gasteiger partial charge in [-0.2, -0.15) is 11.8 Å². The third-order valence-electron chi connectivity index (χ3n) is 2.64. The van der Waals surface area contributed by atoms with Crippen molar-refractivity contribution in [2.45, 2.75) is 45.1 Å². The largest absolute Gasteiger partial charge is 0.394 e. The van der Waals surface area contributed by atoms with E-state index in [0.29, 0.717) is 0 Å². The molecule has 1 unspecified atom stereocenters. The molecule has 14 heavy (non-hydrogen) atoms. The van der Waals surface area contributed by atoms with Gasteiger partial charge in [0.2, 0.25) is 0 Å². The van der Waals surface area contributed by atoms with Crippen LogP contribution in [0.5, 0.6) is 0 Å². The van der Waals surface area contributed by atoms with E-state index < -0.39 is 0 Å². The second-order valence-corrected chi connectivity index (χ2v) is 5.26. The molecule has 0 aromatic carbocycles. The monoisotopic (exact) mass is 219 g/mol. The standard InChI is InChI=1S/C11H25NOS/c1-4-5-6-8-14-9-7-11(2,10-13)12-3/h12-13H,4-10H2,1-3H3. The molecular formula is C11H25NOS. The fourth-order valence-electron chi connectivity index (χ4n) is 1.14. The lowest BCUT2D eigenvalue weighted by Gasteiger charge is -2.26. The molecule has 0 rings (SSSR count). The lowest BCUT2D eigenvalue weighted by atomic mass is 10.0. The number of unbranched alkanes of at least 4 members (excludes halogenated alkanes) is 2. The molecule has 0 amide bonds. The first kappa shape index (κ1) is 14.3. The fraction of sp³-hybridized carbons (Fsp3) is 1.00. The van der Waals surface area contributed by atoms with Crippen molar-refractivity contribution in [2.24, 2.45) is 0 Å². The molecule has 0 aromatic heterocycles. The first-order chi connectivity index (χ1) is 6.68. The van der Waals surface area contributed by atoms with Crippen LogP contribution in [0.15, 0.2) is 0 Å². The predicted molar refractivity (Wildman–Crippen MR) is 66.0 cm³/mol. The highest BCUT2D eigenvalue weighted by Gasteiger charge is 2.19. The van der Waals surface area contributed by atoms with Gasteiger partial charge in [0.15, 0.2) is 0 Å². The average molecular weight is 219 g/mol. The van der Waals surface area contributed by atoms with Crippen molar-refractivity contribution in [3.8, 4) is 0 Å². The van der Waals surface area contributed by atoms with E-state index in [1.165, 1.54) is 25.0 Å². The summed E-state index contributed by atoms with van der Waals surface area (Å²) in [6.07, 6.45) is 5.01. The molecule has 0 radical (unpaired) electrons. The first-order valence-electron chi connectivity index (χ1n) is 5.56. The van der Waals surface area contributed by atoms with Gasteiger partial charge >= 0.3 is 0 Å². The molecule has 2 N–H and O–H groups in total. The van der Waals surface area contributed by atoms with Gasteiger partial charge in [-0.25, -0.2) is 0 Å². The Kier molecular flexibility index (Phi) is 8.73. The average Bonchev–Trinajstić information content (AvgIpc) is 2.23. The molecule has 0 saturated heterocycles. The molecule has 3 heteroatoms. The van der Waals surface area contributed by atoms with Crippen LogP contribution in [-0.2, 0) is 0 Å². The molecule has 0 aromatic rings. The predicted octanol–water partition coefficient (Wildman–Crippen LogP) is 2.27. The molecule has 0 bridgehead atoms. The van der Waals surface area contributed by atoms with Crippen molar-refractivity contribution in [3.05, 3.63) is 0 Å². The number of thioether (sulfide) groups is 1. The number of hydrogen-bond donors (Lipinski definition) is 2. The Balaban J connectivity index is 3.34. The SMILES string of the molecule is CCCCCSCCC(C)(CO)NC. The normalized spacial score (nSPS) is 15.4. The number of likely N-dealkylation sites (N-methyl/N-ethyl adjacent to an activating group) is 1. The summed E-state index contributed by atoms with van der Waals surface area (Å²) in [5, 5.41) is 12.3. The molecule has 0 heterocycles. The number of nitrogens with one attached hydrogen (secondary N) is 1. The van der Waals surface area contributed by atoms with Gasteiger partial charge in [0.25, 0.3) is 0 Å². The van der Waals surface area contributed by atoms with Gasteiger partial charge in [-0.15, -0.1) is 0 Å². The maximum atomic E-state index is 9.15. The zero-order valence-electron chi connectivity index (χ0n) is 9.81. The number of rotatable bonds is 9. The molecule has 86 valence electrons. The summed E-state index contributed by atoms with van der Waals surface area (Å²) in [5.74, 6) is 2.40. The second kappa shape index (κ2) is 8.57. The van der Waals surface area contributed by atoms with Crippen LogP contribution in [0.2, 0.25) is 0 Å². The van der Waals surface area contributed by atoms with Crippen molar-refractivity contribution < 1.29 is 5.11 Å². The van der Waals surface area contributed by atoms with E-state index >= 15 is 0 Å². The van der Waals surface area contributed by atoms with Crippen LogP contribution in [0, 0.1) is 0 Å². The van der Waals surface area contributed by atoms with Crippen LogP contribution < -0.4 is 5.32 Å².